The van der Waals surface area contributed by atoms with Crippen molar-refractivity contribution in [3.63, 3.8) is 0 Å². The Morgan fingerprint density at radius 2 is 2.05 bits per heavy atom. The van der Waals surface area contributed by atoms with E-state index in [-0.39, 0.29) is 22.9 Å². The lowest BCUT2D eigenvalue weighted by molar-refractivity contribution is 0.193. The van der Waals surface area contributed by atoms with Gasteiger partial charge in [-0.15, -0.1) is 0 Å². The zero-order chi connectivity index (χ0) is 14.9. The molecule has 0 aliphatic heterocycles. The maximum atomic E-state index is 14.5. The molecule has 0 aromatic heterocycles. The van der Waals surface area contributed by atoms with Crippen LogP contribution in [0.3, 0.4) is 0 Å². The van der Waals surface area contributed by atoms with Gasteiger partial charge in [-0.05, 0) is 49.3 Å². The van der Waals surface area contributed by atoms with Crippen molar-refractivity contribution >= 4 is 0 Å². The van der Waals surface area contributed by atoms with Crippen LogP contribution in [0.15, 0.2) is 12.1 Å². The monoisotopic (exact) mass is 281 g/mol. The lowest BCUT2D eigenvalue weighted by atomic mass is 9.75. The van der Waals surface area contributed by atoms with Gasteiger partial charge in [0.25, 0.3) is 0 Å². The summed E-state index contributed by atoms with van der Waals surface area (Å²) in [6, 6.07) is 2.66. The lowest BCUT2D eigenvalue weighted by Crippen LogP contribution is -2.35. The average Bonchev–Trinajstić information content (AvgIpc) is 2.73. The molecule has 0 heterocycles. The molecule has 1 nitrogen and oxygen atoms in total. The van der Waals surface area contributed by atoms with Crippen LogP contribution in [0.2, 0.25) is 0 Å². The van der Waals surface area contributed by atoms with Gasteiger partial charge in [-0.2, -0.15) is 0 Å². The predicted octanol–water partition coefficient (Wildman–Crippen LogP) is 4.75. The number of benzene rings is 1. The highest BCUT2D eigenvalue weighted by molar-refractivity contribution is 5.30. The molecular weight excluding hydrogens is 256 g/mol. The molecule has 1 aliphatic rings. The molecule has 3 heteroatoms. The second-order valence-corrected chi connectivity index (χ2v) is 6.61. The van der Waals surface area contributed by atoms with Gasteiger partial charge in [-0.25, -0.2) is 8.78 Å². The van der Waals surface area contributed by atoms with E-state index < -0.39 is 11.6 Å². The predicted molar refractivity (Wildman–Crippen MR) is 78.6 cm³/mol. The molecule has 2 rings (SSSR count). The van der Waals surface area contributed by atoms with Crippen LogP contribution >= 0.6 is 0 Å². The molecule has 2 unspecified atom stereocenters. The zero-order valence-electron chi connectivity index (χ0n) is 12.9. The number of nitrogens with one attached hydrogen (secondary N) is 1. The second-order valence-electron chi connectivity index (χ2n) is 6.61. The first-order valence-electron chi connectivity index (χ1n) is 7.56. The highest BCUT2D eigenvalue weighted by Gasteiger charge is 2.41. The summed E-state index contributed by atoms with van der Waals surface area (Å²) in [7, 11) is 0. The minimum Gasteiger partial charge on any atom is -0.310 e. The van der Waals surface area contributed by atoms with E-state index in [2.05, 4.69) is 19.2 Å². The zero-order valence-corrected chi connectivity index (χ0v) is 12.9. The van der Waals surface area contributed by atoms with E-state index in [1.807, 2.05) is 6.92 Å². The Balaban J connectivity index is 2.46. The van der Waals surface area contributed by atoms with E-state index in [0.29, 0.717) is 12.1 Å². The molecule has 0 spiro atoms. The molecular formula is C17H25F2N. The average molecular weight is 281 g/mol. The van der Waals surface area contributed by atoms with Gasteiger partial charge < -0.3 is 5.32 Å². The summed E-state index contributed by atoms with van der Waals surface area (Å²) in [5, 5.41) is 3.33. The smallest absolute Gasteiger partial charge is 0.133 e. The van der Waals surface area contributed by atoms with Crippen molar-refractivity contribution in [2.75, 3.05) is 6.54 Å². The van der Waals surface area contributed by atoms with E-state index in [4.69, 9.17) is 0 Å². The maximum Gasteiger partial charge on any atom is 0.133 e. The van der Waals surface area contributed by atoms with Crippen molar-refractivity contribution in [3.05, 3.63) is 34.9 Å². The van der Waals surface area contributed by atoms with Crippen LogP contribution < -0.4 is 5.32 Å². The first-order valence-corrected chi connectivity index (χ1v) is 7.56. The van der Waals surface area contributed by atoms with Crippen LogP contribution in [0.25, 0.3) is 0 Å². The van der Waals surface area contributed by atoms with Crippen LogP contribution in [0.4, 0.5) is 8.78 Å². The Morgan fingerprint density at radius 3 is 2.60 bits per heavy atom. The number of hydrogen-bond donors (Lipinski definition) is 1. The van der Waals surface area contributed by atoms with Crippen LogP contribution in [-0.2, 0) is 0 Å². The Hall–Kier alpha value is -0.960. The molecule has 0 amide bonds. The summed E-state index contributed by atoms with van der Waals surface area (Å²) in [6.45, 7) is 8.81. The van der Waals surface area contributed by atoms with Gasteiger partial charge in [0, 0.05) is 11.6 Å². The third-order valence-corrected chi connectivity index (χ3v) is 4.80. The fourth-order valence-electron chi connectivity index (χ4n) is 3.60. The summed E-state index contributed by atoms with van der Waals surface area (Å²) >= 11 is 0. The van der Waals surface area contributed by atoms with Crippen LogP contribution in [-0.4, -0.2) is 6.54 Å². The van der Waals surface area contributed by atoms with Gasteiger partial charge >= 0.3 is 0 Å². The van der Waals surface area contributed by atoms with Crippen LogP contribution in [0, 0.1) is 29.9 Å². The van der Waals surface area contributed by atoms with Crippen LogP contribution in [0.5, 0.6) is 0 Å². The largest absolute Gasteiger partial charge is 0.310 e. The molecule has 0 bridgehead atoms. The molecule has 0 radical (unpaired) electrons. The Labute approximate surface area is 120 Å². The first kappa shape index (κ1) is 15.4. The van der Waals surface area contributed by atoms with Gasteiger partial charge in [0.05, 0.1) is 0 Å². The number of hydrogen-bond acceptors (Lipinski definition) is 1. The standard InChI is InChI=1S/C17H25F2N/c1-5-20-16(12-7-6-10-17(12,3)4)14-13(18)9-8-11(2)15(14)19/h8-9,12,16,20H,5-7,10H2,1-4H3. The topological polar surface area (TPSA) is 12.0 Å². The Bertz CT molecular complexity index is 482. The van der Waals surface area contributed by atoms with Crippen molar-refractivity contribution in [3.8, 4) is 0 Å². The molecule has 1 aromatic carbocycles. The van der Waals surface area contributed by atoms with Crippen molar-refractivity contribution in [1.29, 1.82) is 0 Å². The van der Waals surface area contributed by atoms with E-state index >= 15 is 0 Å². The SMILES string of the molecule is CCNC(c1c(F)ccc(C)c1F)C1CCCC1(C)C. The minimum absolute atomic E-state index is 0.120. The molecule has 1 saturated carbocycles. The fourth-order valence-corrected chi connectivity index (χ4v) is 3.60. The third kappa shape index (κ3) is 2.73. The summed E-state index contributed by atoms with van der Waals surface area (Å²) < 4.78 is 28.7. The molecule has 1 aliphatic carbocycles. The number of halogens is 2. The molecule has 2 atom stereocenters. The van der Waals surface area contributed by atoms with Crippen molar-refractivity contribution in [2.24, 2.45) is 11.3 Å². The molecule has 112 valence electrons. The fraction of sp³-hybridized carbons (Fsp3) is 0.647. The van der Waals surface area contributed by atoms with Gasteiger partial charge in [0.2, 0.25) is 0 Å². The van der Waals surface area contributed by atoms with E-state index in [1.54, 1.807) is 6.92 Å². The molecule has 1 aromatic rings. The quantitative estimate of drug-likeness (QED) is 0.839. The summed E-state index contributed by atoms with van der Waals surface area (Å²) in [5.41, 5.74) is 0.863. The van der Waals surface area contributed by atoms with E-state index in [0.717, 1.165) is 19.3 Å². The minimum atomic E-state index is -0.429. The normalized spacial score (nSPS) is 23.0. The van der Waals surface area contributed by atoms with Crippen molar-refractivity contribution in [2.45, 2.75) is 53.0 Å². The van der Waals surface area contributed by atoms with E-state index in [1.165, 1.54) is 12.1 Å². The summed E-state index contributed by atoms with van der Waals surface area (Å²) in [4.78, 5) is 0. The second kappa shape index (κ2) is 5.80. The van der Waals surface area contributed by atoms with Crippen LogP contribution in [0.1, 0.15) is 57.2 Å². The number of rotatable bonds is 4. The maximum absolute atomic E-state index is 14.5. The van der Waals surface area contributed by atoms with Gasteiger partial charge in [-0.1, -0.05) is 33.3 Å². The van der Waals surface area contributed by atoms with Crippen molar-refractivity contribution in [1.82, 2.24) is 5.32 Å². The highest BCUT2D eigenvalue weighted by Crippen LogP contribution is 2.49. The first-order chi connectivity index (χ1) is 9.38. The summed E-state index contributed by atoms with van der Waals surface area (Å²) in [5.74, 6) is -0.548. The molecule has 1 N–H and O–H groups in total. The molecule has 1 fully saturated rings. The number of aryl methyl sites for hydroxylation is 1. The van der Waals surface area contributed by atoms with Gasteiger partial charge in [0.1, 0.15) is 11.6 Å². The Morgan fingerprint density at radius 1 is 1.35 bits per heavy atom. The molecule has 0 saturated heterocycles. The molecule has 20 heavy (non-hydrogen) atoms. The summed E-state index contributed by atoms with van der Waals surface area (Å²) in [6.07, 6.45) is 3.28. The third-order valence-electron chi connectivity index (χ3n) is 4.80. The lowest BCUT2D eigenvalue weighted by Gasteiger charge is -2.35. The van der Waals surface area contributed by atoms with Gasteiger partial charge in [0.15, 0.2) is 0 Å². The Kier molecular flexibility index (Phi) is 4.48. The van der Waals surface area contributed by atoms with Crippen molar-refractivity contribution < 1.29 is 8.78 Å². The van der Waals surface area contributed by atoms with E-state index in [9.17, 15) is 8.78 Å². The van der Waals surface area contributed by atoms with Gasteiger partial charge in [-0.3, -0.25) is 0 Å². The highest BCUT2D eigenvalue weighted by atomic mass is 19.1.